The van der Waals surface area contributed by atoms with E-state index in [-0.39, 0.29) is 12.4 Å². The first-order valence-corrected chi connectivity index (χ1v) is 7.90. The Morgan fingerprint density at radius 3 is 2.76 bits per heavy atom. The van der Waals surface area contributed by atoms with Gasteiger partial charge < -0.3 is 14.9 Å². The number of imidazole rings is 1. The zero-order chi connectivity index (χ0) is 17.2. The van der Waals surface area contributed by atoms with Gasteiger partial charge in [0.25, 0.3) is 0 Å². The van der Waals surface area contributed by atoms with E-state index in [1.54, 1.807) is 18.2 Å². The number of nitrogen functional groups attached to an aromatic ring is 1. The normalized spacial score (nSPS) is 10.9. The van der Waals surface area contributed by atoms with Crippen LogP contribution < -0.4 is 10.5 Å². The Morgan fingerprint density at radius 1 is 1.04 bits per heavy atom. The van der Waals surface area contributed by atoms with Crippen molar-refractivity contribution >= 4 is 11.3 Å². The second-order valence-corrected chi connectivity index (χ2v) is 5.74. The summed E-state index contributed by atoms with van der Waals surface area (Å²) in [5, 5.41) is 0. The molecule has 0 saturated heterocycles. The van der Waals surface area contributed by atoms with E-state index in [1.165, 1.54) is 6.07 Å². The van der Waals surface area contributed by atoms with E-state index in [1.807, 2.05) is 53.2 Å². The molecule has 124 valence electrons. The first kappa shape index (κ1) is 15.2. The zero-order valence-corrected chi connectivity index (χ0v) is 13.4. The van der Waals surface area contributed by atoms with Crippen molar-refractivity contribution in [1.29, 1.82) is 0 Å². The Morgan fingerprint density at radius 2 is 1.92 bits per heavy atom. The van der Waals surface area contributed by atoms with Gasteiger partial charge in [0.1, 0.15) is 12.4 Å². The van der Waals surface area contributed by atoms with E-state index in [0.29, 0.717) is 22.6 Å². The lowest BCUT2D eigenvalue weighted by atomic mass is 10.1. The molecule has 0 saturated carbocycles. The van der Waals surface area contributed by atoms with Crippen molar-refractivity contribution < 1.29 is 9.13 Å². The maximum atomic E-state index is 13.8. The van der Waals surface area contributed by atoms with E-state index >= 15 is 0 Å². The summed E-state index contributed by atoms with van der Waals surface area (Å²) in [5.41, 5.74) is 9.46. The highest BCUT2D eigenvalue weighted by Crippen LogP contribution is 2.26. The van der Waals surface area contributed by atoms with Crippen molar-refractivity contribution in [3.05, 3.63) is 84.4 Å². The molecule has 4 nitrogen and oxygen atoms in total. The number of anilines is 1. The Balaban J connectivity index is 1.67. The van der Waals surface area contributed by atoms with Gasteiger partial charge in [-0.3, -0.25) is 0 Å². The van der Waals surface area contributed by atoms with Gasteiger partial charge in [-0.1, -0.05) is 30.3 Å². The highest BCUT2D eigenvalue weighted by atomic mass is 19.1. The molecule has 4 aromatic rings. The number of fused-ring (bicyclic) bond motifs is 1. The largest absolute Gasteiger partial charge is 0.485 e. The smallest absolute Gasteiger partial charge is 0.180 e. The summed E-state index contributed by atoms with van der Waals surface area (Å²) < 4.78 is 21.5. The van der Waals surface area contributed by atoms with E-state index in [9.17, 15) is 4.39 Å². The molecule has 0 amide bonds. The number of hydrogen-bond acceptors (Lipinski definition) is 3. The van der Waals surface area contributed by atoms with Crippen LogP contribution in [-0.4, -0.2) is 9.38 Å². The van der Waals surface area contributed by atoms with Gasteiger partial charge in [-0.15, -0.1) is 0 Å². The summed E-state index contributed by atoms with van der Waals surface area (Å²) in [6, 6.07) is 17.8. The second-order valence-electron chi connectivity index (χ2n) is 5.74. The predicted octanol–water partition coefficient (Wildman–Crippen LogP) is 4.30. The first-order valence-electron chi connectivity index (χ1n) is 7.90. The van der Waals surface area contributed by atoms with Crippen LogP contribution >= 0.6 is 0 Å². The van der Waals surface area contributed by atoms with Crippen LogP contribution in [0.3, 0.4) is 0 Å². The number of ether oxygens (including phenoxy) is 1. The molecular weight excluding hydrogens is 317 g/mol. The van der Waals surface area contributed by atoms with E-state index in [2.05, 4.69) is 4.98 Å². The number of aromatic nitrogens is 2. The Hall–Kier alpha value is -3.34. The van der Waals surface area contributed by atoms with Gasteiger partial charge in [0, 0.05) is 29.2 Å². The lowest BCUT2D eigenvalue weighted by molar-refractivity contribution is 0.301. The van der Waals surface area contributed by atoms with Crippen LogP contribution in [0.5, 0.6) is 5.75 Å². The fourth-order valence-electron chi connectivity index (χ4n) is 2.71. The van der Waals surface area contributed by atoms with Crippen molar-refractivity contribution in [1.82, 2.24) is 9.38 Å². The van der Waals surface area contributed by atoms with Crippen molar-refractivity contribution in [3.63, 3.8) is 0 Å². The van der Waals surface area contributed by atoms with Gasteiger partial charge in [0.2, 0.25) is 0 Å². The minimum absolute atomic E-state index is 0.146. The molecule has 0 radical (unpaired) electrons. The number of benzene rings is 2. The standard InChI is InChI=1S/C20H16FN3O/c21-17-8-2-1-5-15(17)13-25-19-9-4-10-24-12-18(23-20(19)24)14-6-3-7-16(22)11-14/h1-12H,13,22H2. The molecule has 2 aromatic heterocycles. The highest BCUT2D eigenvalue weighted by molar-refractivity contribution is 5.68. The SMILES string of the molecule is Nc1cccc(-c2cn3cccc(OCc4ccccc4F)c3n2)c1. The average Bonchev–Trinajstić information content (AvgIpc) is 3.06. The van der Waals surface area contributed by atoms with Gasteiger partial charge in [-0.25, -0.2) is 9.37 Å². The Kier molecular flexibility index (Phi) is 3.82. The van der Waals surface area contributed by atoms with Crippen LogP contribution in [0, 0.1) is 5.82 Å². The molecule has 0 unspecified atom stereocenters. The quantitative estimate of drug-likeness (QED) is 0.567. The molecule has 2 heterocycles. The zero-order valence-electron chi connectivity index (χ0n) is 13.4. The minimum Gasteiger partial charge on any atom is -0.485 e. The average molecular weight is 333 g/mol. The van der Waals surface area contributed by atoms with Gasteiger partial charge in [0.05, 0.1) is 5.69 Å². The predicted molar refractivity (Wildman–Crippen MR) is 95.8 cm³/mol. The third kappa shape index (κ3) is 3.04. The van der Waals surface area contributed by atoms with E-state index in [0.717, 1.165) is 11.3 Å². The van der Waals surface area contributed by atoms with Gasteiger partial charge in [-0.05, 0) is 30.3 Å². The highest BCUT2D eigenvalue weighted by Gasteiger charge is 2.10. The number of pyridine rings is 1. The maximum absolute atomic E-state index is 13.8. The monoisotopic (exact) mass is 333 g/mol. The molecule has 5 heteroatoms. The summed E-state index contributed by atoms with van der Waals surface area (Å²) in [7, 11) is 0. The van der Waals surface area contributed by atoms with Crippen LogP contribution in [0.4, 0.5) is 10.1 Å². The first-order chi connectivity index (χ1) is 12.2. The number of hydrogen-bond donors (Lipinski definition) is 1. The lowest BCUT2D eigenvalue weighted by Crippen LogP contribution is -1.99. The molecule has 2 aromatic carbocycles. The Bertz CT molecular complexity index is 1040. The fourth-order valence-corrected chi connectivity index (χ4v) is 2.71. The van der Waals surface area contributed by atoms with Crippen molar-refractivity contribution in [2.45, 2.75) is 6.61 Å². The summed E-state index contributed by atoms with van der Waals surface area (Å²) in [5.74, 6) is 0.319. The third-order valence-electron chi connectivity index (χ3n) is 3.97. The number of rotatable bonds is 4. The van der Waals surface area contributed by atoms with Crippen molar-refractivity contribution in [2.24, 2.45) is 0 Å². The van der Waals surface area contributed by atoms with Crippen LogP contribution in [0.2, 0.25) is 0 Å². The molecule has 0 spiro atoms. The van der Waals surface area contributed by atoms with Crippen LogP contribution in [-0.2, 0) is 6.61 Å². The molecule has 0 fully saturated rings. The molecule has 0 aliphatic heterocycles. The lowest BCUT2D eigenvalue weighted by Gasteiger charge is -2.07. The second kappa shape index (κ2) is 6.28. The molecule has 2 N–H and O–H groups in total. The summed E-state index contributed by atoms with van der Waals surface area (Å²) in [6.07, 6.45) is 3.81. The van der Waals surface area contributed by atoms with E-state index in [4.69, 9.17) is 10.5 Å². The van der Waals surface area contributed by atoms with Crippen LogP contribution in [0.1, 0.15) is 5.56 Å². The number of nitrogens with two attached hydrogens (primary N) is 1. The summed E-state index contributed by atoms with van der Waals surface area (Å²) in [4.78, 5) is 4.65. The van der Waals surface area contributed by atoms with Crippen LogP contribution in [0.15, 0.2) is 73.1 Å². The molecule has 0 aliphatic rings. The molecule has 4 rings (SSSR count). The third-order valence-corrected chi connectivity index (χ3v) is 3.97. The fraction of sp³-hybridized carbons (Fsp3) is 0.0500. The number of nitrogens with zero attached hydrogens (tertiary/aromatic N) is 2. The summed E-state index contributed by atoms with van der Waals surface area (Å²) >= 11 is 0. The topological polar surface area (TPSA) is 52.5 Å². The van der Waals surface area contributed by atoms with Gasteiger partial charge in [0.15, 0.2) is 11.4 Å². The van der Waals surface area contributed by atoms with Crippen molar-refractivity contribution in [2.75, 3.05) is 5.73 Å². The molecule has 0 bridgehead atoms. The van der Waals surface area contributed by atoms with Gasteiger partial charge in [-0.2, -0.15) is 0 Å². The molecule has 0 atom stereocenters. The Labute approximate surface area is 144 Å². The molecular formula is C20H16FN3O. The van der Waals surface area contributed by atoms with Crippen molar-refractivity contribution in [3.8, 4) is 17.0 Å². The summed E-state index contributed by atoms with van der Waals surface area (Å²) in [6.45, 7) is 0.146. The van der Waals surface area contributed by atoms with E-state index < -0.39 is 0 Å². The molecule has 0 aliphatic carbocycles. The minimum atomic E-state index is -0.279. The number of halogens is 1. The maximum Gasteiger partial charge on any atom is 0.180 e. The molecule has 25 heavy (non-hydrogen) atoms. The van der Waals surface area contributed by atoms with Crippen LogP contribution in [0.25, 0.3) is 16.9 Å². The van der Waals surface area contributed by atoms with Gasteiger partial charge >= 0.3 is 0 Å².